The quantitative estimate of drug-likeness (QED) is 0.270. The molecule has 1 aromatic rings. The van der Waals surface area contributed by atoms with Crippen molar-refractivity contribution in [2.45, 2.75) is 47.5 Å². The molecule has 0 saturated carbocycles. The summed E-state index contributed by atoms with van der Waals surface area (Å²) in [5.41, 5.74) is 5.80. The smallest absolute Gasteiger partial charge is 0.137 e. The average Bonchev–Trinajstić information content (AvgIpc) is 2.77. The number of benzene rings is 2. The van der Waals surface area contributed by atoms with Crippen LogP contribution in [-0.4, -0.2) is 19.6 Å². The van der Waals surface area contributed by atoms with Crippen LogP contribution in [0.3, 0.4) is 0 Å². The minimum Gasteiger partial charge on any atom is -0.456 e. The van der Waals surface area contributed by atoms with Crippen LogP contribution < -0.4 is 10.3 Å². The summed E-state index contributed by atoms with van der Waals surface area (Å²) in [7, 11) is 0. The molecule has 31 heavy (non-hydrogen) atoms. The van der Waals surface area contributed by atoms with E-state index in [2.05, 4.69) is 93.6 Å². The largest absolute Gasteiger partial charge is 0.456 e. The third-order valence-electron chi connectivity index (χ3n) is 6.03. The fraction of sp³-hybridized carbons (Fsp3) is 0.393. The molecule has 1 aromatic carbocycles. The Kier molecular flexibility index (Phi) is 7.73. The Bertz CT molecular complexity index is 1100. The molecule has 0 radical (unpaired) electrons. The first-order valence-corrected chi connectivity index (χ1v) is 11.6. The lowest BCUT2D eigenvalue weighted by molar-refractivity contribution is 0.617. The summed E-state index contributed by atoms with van der Waals surface area (Å²) >= 11 is 0. The highest BCUT2D eigenvalue weighted by Crippen LogP contribution is 2.39. The van der Waals surface area contributed by atoms with Gasteiger partial charge in [0.1, 0.15) is 11.3 Å². The van der Waals surface area contributed by atoms with Gasteiger partial charge in [0.2, 0.25) is 0 Å². The van der Waals surface area contributed by atoms with Crippen molar-refractivity contribution in [1.29, 1.82) is 0 Å². The maximum Gasteiger partial charge on any atom is 0.137 e. The summed E-state index contributed by atoms with van der Waals surface area (Å²) in [4.78, 5) is 6.92. The van der Waals surface area contributed by atoms with Crippen molar-refractivity contribution in [2.24, 2.45) is 10.9 Å². The fourth-order valence-corrected chi connectivity index (χ4v) is 4.36. The van der Waals surface area contributed by atoms with Crippen LogP contribution in [0.1, 0.15) is 53.0 Å². The Hall–Kier alpha value is -2.81. The van der Waals surface area contributed by atoms with Crippen LogP contribution in [-0.2, 0) is 0 Å². The van der Waals surface area contributed by atoms with Crippen molar-refractivity contribution >= 4 is 22.2 Å². The van der Waals surface area contributed by atoms with Crippen molar-refractivity contribution in [2.75, 3.05) is 24.5 Å². The molecule has 0 bridgehead atoms. The van der Waals surface area contributed by atoms with Crippen LogP contribution in [0.5, 0.6) is 0 Å². The third kappa shape index (κ3) is 4.92. The molecule has 1 aliphatic heterocycles. The first-order chi connectivity index (χ1) is 15.1. The van der Waals surface area contributed by atoms with Gasteiger partial charge in [-0.05, 0) is 81.9 Å². The first kappa shape index (κ1) is 22.9. The number of rotatable bonds is 9. The number of fused-ring (bicyclic) bond motifs is 2. The molecule has 0 saturated heterocycles. The molecule has 1 atom stereocenters. The molecule has 0 aromatic heterocycles. The van der Waals surface area contributed by atoms with Gasteiger partial charge in [-0.15, -0.1) is 6.58 Å². The number of anilines is 1. The highest BCUT2D eigenvalue weighted by atomic mass is 16.3. The van der Waals surface area contributed by atoms with Crippen LogP contribution in [0.4, 0.5) is 5.69 Å². The SMILES string of the molecule is C=CCC(/C=C(\C)c1c2ccc(=NCC)cc-2oc2cc(N(CC)CC)ccc12)CC. The standard InChI is InChI=1S/C28H36N2O/c1-7-12-21(8-2)17-20(6)28-24-15-13-22(29-9-3)18-26(24)31-27-19-23(14-16-25(27)28)30(10-4)11-5/h7,13-19,21H,1,8-12H2,2-6H3/b20-17+,29-22?. The zero-order chi connectivity index (χ0) is 22.4. The van der Waals surface area contributed by atoms with Gasteiger partial charge in [0.05, 0.1) is 5.36 Å². The monoisotopic (exact) mass is 416 g/mol. The maximum atomic E-state index is 6.45. The van der Waals surface area contributed by atoms with E-state index < -0.39 is 0 Å². The highest BCUT2D eigenvalue weighted by Gasteiger charge is 2.18. The van der Waals surface area contributed by atoms with Crippen molar-refractivity contribution in [3.63, 3.8) is 0 Å². The lowest BCUT2D eigenvalue weighted by Crippen LogP contribution is -2.21. The minimum absolute atomic E-state index is 0.490. The van der Waals surface area contributed by atoms with Crippen molar-refractivity contribution in [3.8, 4) is 11.3 Å². The van der Waals surface area contributed by atoms with Gasteiger partial charge in [-0.25, -0.2) is 0 Å². The number of allylic oxidation sites excluding steroid dienone is 3. The van der Waals surface area contributed by atoms with E-state index in [1.807, 2.05) is 6.08 Å². The van der Waals surface area contributed by atoms with Crippen LogP contribution >= 0.6 is 0 Å². The molecule has 1 aliphatic carbocycles. The molecule has 0 fully saturated rings. The Balaban J connectivity index is 2.31. The van der Waals surface area contributed by atoms with Crippen LogP contribution in [0.25, 0.3) is 27.9 Å². The van der Waals surface area contributed by atoms with Gasteiger partial charge in [-0.1, -0.05) is 19.1 Å². The van der Waals surface area contributed by atoms with Gasteiger partial charge in [0, 0.05) is 48.4 Å². The Morgan fingerprint density at radius 3 is 2.52 bits per heavy atom. The van der Waals surface area contributed by atoms with Gasteiger partial charge in [0.25, 0.3) is 0 Å². The van der Waals surface area contributed by atoms with E-state index in [1.165, 1.54) is 16.8 Å². The van der Waals surface area contributed by atoms with Crippen LogP contribution in [0, 0.1) is 5.92 Å². The van der Waals surface area contributed by atoms with E-state index >= 15 is 0 Å². The molecular formula is C28H36N2O. The van der Waals surface area contributed by atoms with Crippen LogP contribution in [0.15, 0.2) is 64.5 Å². The molecule has 3 nitrogen and oxygen atoms in total. The summed E-state index contributed by atoms with van der Waals surface area (Å²) in [5.74, 6) is 1.38. The number of hydrogen-bond donors (Lipinski definition) is 0. The summed E-state index contributed by atoms with van der Waals surface area (Å²) in [6, 6.07) is 12.9. The molecule has 1 unspecified atom stereocenters. The lowest BCUT2D eigenvalue weighted by atomic mass is 9.90. The first-order valence-electron chi connectivity index (χ1n) is 11.6. The zero-order valence-electron chi connectivity index (χ0n) is 19.7. The van der Waals surface area contributed by atoms with Crippen LogP contribution in [0.2, 0.25) is 0 Å². The summed E-state index contributed by atoms with van der Waals surface area (Å²) in [5, 5.41) is 2.12. The van der Waals surface area contributed by atoms with E-state index in [9.17, 15) is 0 Å². The Labute approximate surface area is 187 Å². The summed E-state index contributed by atoms with van der Waals surface area (Å²) in [6.07, 6.45) is 6.51. The van der Waals surface area contributed by atoms with E-state index in [-0.39, 0.29) is 0 Å². The van der Waals surface area contributed by atoms with Gasteiger partial charge in [0.15, 0.2) is 0 Å². The molecule has 1 heterocycles. The third-order valence-corrected chi connectivity index (χ3v) is 6.03. The molecule has 0 N–H and O–H groups in total. The Morgan fingerprint density at radius 2 is 1.87 bits per heavy atom. The fourth-order valence-electron chi connectivity index (χ4n) is 4.36. The maximum absolute atomic E-state index is 6.45. The molecule has 0 spiro atoms. The molecule has 0 amide bonds. The highest BCUT2D eigenvalue weighted by molar-refractivity contribution is 5.98. The normalized spacial score (nSPS) is 13.7. The summed E-state index contributed by atoms with van der Waals surface area (Å²) in [6.45, 7) is 17.5. The van der Waals surface area contributed by atoms with Crippen molar-refractivity contribution in [1.82, 2.24) is 0 Å². The molecule has 3 rings (SSSR count). The van der Waals surface area contributed by atoms with E-state index in [0.29, 0.717) is 5.92 Å². The predicted molar refractivity (Wildman–Crippen MR) is 135 cm³/mol. The summed E-state index contributed by atoms with van der Waals surface area (Å²) < 4.78 is 6.45. The molecular weight excluding hydrogens is 380 g/mol. The second-order valence-corrected chi connectivity index (χ2v) is 8.03. The second kappa shape index (κ2) is 10.5. The molecule has 2 aliphatic rings. The van der Waals surface area contributed by atoms with E-state index in [0.717, 1.165) is 60.1 Å². The minimum atomic E-state index is 0.490. The number of hydrogen-bond acceptors (Lipinski definition) is 3. The lowest BCUT2D eigenvalue weighted by Gasteiger charge is -2.22. The Morgan fingerprint density at radius 1 is 1.10 bits per heavy atom. The second-order valence-electron chi connectivity index (χ2n) is 8.03. The topological polar surface area (TPSA) is 28.7 Å². The van der Waals surface area contributed by atoms with E-state index in [4.69, 9.17) is 4.42 Å². The van der Waals surface area contributed by atoms with Gasteiger partial charge in [-0.2, -0.15) is 0 Å². The van der Waals surface area contributed by atoms with E-state index in [1.54, 1.807) is 0 Å². The number of nitrogens with zero attached hydrogens (tertiary/aromatic N) is 2. The van der Waals surface area contributed by atoms with Gasteiger partial charge < -0.3 is 9.32 Å². The molecule has 3 heteroatoms. The average molecular weight is 417 g/mol. The van der Waals surface area contributed by atoms with Crippen molar-refractivity contribution in [3.05, 3.63) is 66.0 Å². The zero-order valence-corrected chi connectivity index (χ0v) is 19.7. The molecule has 164 valence electrons. The van der Waals surface area contributed by atoms with Gasteiger partial charge in [-0.3, -0.25) is 4.99 Å². The van der Waals surface area contributed by atoms with Gasteiger partial charge >= 0.3 is 0 Å². The van der Waals surface area contributed by atoms with Crippen molar-refractivity contribution < 1.29 is 4.42 Å². The predicted octanol–water partition coefficient (Wildman–Crippen LogP) is 7.31.